The molecule has 30 heavy (non-hydrogen) atoms. The van der Waals surface area contributed by atoms with Crippen molar-refractivity contribution in [3.63, 3.8) is 0 Å². The van der Waals surface area contributed by atoms with Gasteiger partial charge in [0, 0.05) is 25.2 Å². The molecular formula is C22H25N3O4S. The second-order valence-corrected chi connectivity index (χ2v) is 7.89. The lowest BCUT2D eigenvalue weighted by Crippen LogP contribution is -2.30. The second-order valence-electron chi connectivity index (χ2n) is 6.72. The van der Waals surface area contributed by atoms with Gasteiger partial charge in [0.25, 0.3) is 0 Å². The molecule has 1 fully saturated rings. The summed E-state index contributed by atoms with van der Waals surface area (Å²) >= 11 is 1.29. The van der Waals surface area contributed by atoms with Gasteiger partial charge in [0.15, 0.2) is 5.17 Å². The van der Waals surface area contributed by atoms with Gasteiger partial charge < -0.3 is 14.8 Å². The maximum Gasteiger partial charge on any atom is 0.242 e. The van der Waals surface area contributed by atoms with E-state index < -0.39 is 5.25 Å². The van der Waals surface area contributed by atoms with E-state index in [1.807, 2.05) is 37.3 Å². The molecule has 0 bridgehead atoms. The van der Waals surface area contributed by atoms with E-state index in [2.05, 4.69) is 10.3 Å². The van der Waals surface area contributed by atoms with Crippen LogP contribution in [-0.2, 0) is 9.59 Å². The van der Waals surface area contributed by atoms with Crippen molar-refractivity contribution < 1.29 is 19.1 Å². The minimum absolute atomic E-state index is 0.0685. The predicted octanol–water partition coefficient (Wildman–Crippen LogP) is 4.07. The first-order valence-electron chi connectivity index (χ1n) is 9.70. The van der Waals surface area contributed by atoms with Crippen LogP contribution in [0.5, 0.6) is 11.5 Å². The molecule has 1 N–H and O–H groups in total. The Hall–Kier alpha value is -3.00. The van der Waals surface area contributed by atoms with Crippen LogP contribution in [0.2, 0.25) is 0 Å². The lowest BCUT2D eigenvalue weighted by Gasteiger charge is -2.10. The first kappa shape index (κ1) is 21.7. The third kappa shape index (κ3) is 5.54. The number of amidine groups is 1. The van der Waals surface area contributed by atoms with Crippen molar-refractivity contribution >= 4 is 40.1 Å². The summed E-state index contributed by atoms with van der Waals surface area (Å²) < 4.78 is 10.7. The first-order valence-corrected chi connectivity index (χ1v) is 10.6. The Morgan fingerprint density at radius 2 is 1.97 bits per heavy atom. The highest BCUT2D eigenvalue weighted by atomic mass is 32.2. The second kappa shape index (κ2) is 10.2. The molecule has 1 heterocycles. The van der Waals surface area contributed by atoms with Crippen LogP contribution in [0.15, 0.2) is 53.5 Å². The Kier molecular flexibility index (Phi) is 7.35. The van der Waals surface area contributed by atoms with Crippen molar-refractivity contribution in [2.45, 2.75) is 25.0 Å². The van der Waals surface area contributed by atoms with Gasteiger partial charge in [-0.3, -0.25) is 14.5 Å². The molecule has 158 valence electrons. The van der Waals surface area contributed by atoms with Gasteiger partial charge in [-0.1, -0.05) is 24.8 Å². The Morgan fingerprint density at radius 3 is 2.67 bits per heavy atom. The summed E-state index contributed by atoms with van der Waals surface area (Å²) in [7, 11) is 3.26. The number of carbonyl (C=O) groups excluding carboxylic acids is 2. The number of anilines is 1. The molecular weight excluding hydrogens is 402 g/mol. The van der Waals surface area contributed by atoms with Crippen LogP contribution in [0, 0.1) is 0 Å². The third-order valence-corrected chi connectivity index (χ3v) is 5.63. The molecule has 2 aromatic carbocycles. The molecule has 0 spiro atoms. The van der Waals surface area contributed by atoms with E-state index in [4.69, 9.17) is 9.47 Å². The van der Waals surface area contributed by atoms with Crippen molar-refractivity contribution in [3.8, 4) is 11.5 Å². The molecule has 1 saturated heterocycles. The minimum Gasteiger partial charge on any atom is -0.497 e. The van der Waals surface area contributed by atoms with Crippen LogP contribution < -0.4 is 14.8 Å². The number of amides is 2. The molecule has 7 nitrogen and oxygen atoms in total. The van der Waals surface area contributed by atoms with Crippen molar-refractivity contribution in [2.24, 2.45) is 4.99 Å². The summed E-state index contributed by atoms with van der Waals surface area (Å²) in [5.41, 5.74) is 1.35. The lowest BCUT2D eigenvalue weighted by molar-refractivity contribution is -0.127. The minimum atomic E-state index is -0.508. The van der Waals surface area contributed by atoms with E-state index in [0.717, 1.165) is 12.2 Å². The smallest absolute Gasteiger partial charge is 0.242 e. The highest BCUT2D eigenvalue weighted by molar-refractivity contribution is 8.15. The molecule has 3 rings (SSSR count). The highest BCUT2D eigenvalue weighted by Crippen LogP contribution is 2.31. The average molecular weight is 428 g/mol. The monoisotopic (exact) mass is 427 g/mol. The van der Waals surface area contributed by atoms with Crippen molar-refractivity contribution in [2.75, 3.05) is 26.1 Å². The van der Waals surface area contributed by atoms with Gasteiger partial charge in [0.1, 0.15) is 16.7 Å². The fraction of sp³-hybridized carbons (Fsp3) is 0.318. The van der Waals surface area contributed by atoms with Crippen molar-refractivity contribution in [3.05, 3.63) is 48.5 Å². The summed E-state index contributed by atoms with van der Waals surface area (Å²) in [5.74, 6) is 1.09. The molecule has 0 saturated carbocycles. The summed E-state index contributed by atoms with van der Waals surface area (Å²) in [6, 6.07) is 14.5. The van der Waals surface area contributed by atoms with Crippen LogP contribution in [0.1, 0.15) is 19.8 Å². The van der Waals surface area contributed by atoms with Crippen molar-refractivity contribution in [1.82, 2.24) is 4.90 Å². The fourth-order valence-electron chi connectivity index (χ4n) is 2.82. The van der Waals surface area contributed by atoms with Crippen LogP contribution in [0.3, 0.4) is 0 Å². The molecule has 0 aromatic heterocycles. The third-order valence-electron chi connectivity index (χ3n) is 4.40. The molecule has 1 aliphatic rings. The molecule has 1 aliphatic heterocycles. The topological polar surface area (TPSA) is 80.2 Å². The van der Waals surface area contributed by atoms with Crippen LogP contribution in [0.25, 0.3) is 0 Å². The fourth-order valence-corrected chi connectivity index (χ4v) is 3.98. The molecule has 1 unspecified atom stereocenters. The Morgan fingerprint density at radius 1 is 1.20 bits per heavy atom. The predicted molar refractivity (Wildman–Crippen MR) is 120 cm³/mol. The molecule has 2 aromatic rings. The van der Waals surface area contributed by atoms with Gasteiger partial charge >= 0.3 is 0 Å². The van der Waals surface area contributed by atoms with Crippen LogP contribution in [0.4, 0.5) is 11.4 Å². The van der Waals surface area contributed by atoms with Gasteiger partial charge in [-0.15, -0.1) is 0 Å². The van der Waals surface area contributed by atoms with Crippen LogP contribution >= 0.6 is 11.8 Å². The lowest BCUT2D eigenvalue weighted by atomic mass is 10.2. The number of nitrogens with zero attached hydrogens (tertiary/aromatic N) is 2. The molecule has 2 amide bonds. The standard InChI is InChI=1S/C22H25N3O4S/c1-4-12-29-17-10-8-15(9-11-17)23-20(26)14-19-21(27)25(2)22(30-19)24-16-6-5-7-18(13-16)28-3/h5-11,13,19H,4,12,14H2,1-3H3,(H,23,26). The SMILES string of the molecule is CCCOc1ccc(NC(=O)CC2SC(=Nc3cccc(OC)c3)N(C)C2=O)cc1. The largest absolute Gasteiger partial charge is 0.497 e. The van der Waals surface area contributed by atoms with Gasteiger partial charge in [-0.25, -0.2) is 4.99 Å². The normalized spacial score (nSPS) is 17.3. The number of hydrogen-bond donors (Lipinski definition) is 1. The number of benzene rings is 2. The van der Waals surface area contributed by atoms with Crippen LogP contribution in [-0.4, -0.2) is 47.9 Å². The number of ether oxygens (including phenoxy) is 2. The molecule has 1 atom stereocenters. The van der Waals surface area contributed by atoms with Crippen molar-refractivity contribution in [1.29, 1.82) is 0 Å². The van der Waals surface area contributed by atoms with Gasteiger partial charge in [-0.2, -0.15) is 0 Å². The van der Waals surface area contributed by atoms with Gasteiger partial charge in [0.2, 0.25) is 11.8 Å². The maximum absolute atomic E-state index is 12.6. The molecule has 8 heteroatoms. The number of carbonyl (C=O) groups is 2. The molecule has 0 aliphatic carbocycles. The Bertz CT molecular complexity index is 930. The number of rotatable bonds is 8. The zero-order valence-corrected chi connectivity index (χ0v) is 18.1. The number of hydrogen-bond acceptors (Lipinski definition) is 6. The summed E-state index contributed by atoms with van der Waals surface area (Å²) in [5, 5.41) is 2.88. The Labute approximate surface area is 180 Å². The van der Waals surface area contributed by atoms with Gasteiger partial charge in [0.05, 0.1) is 19.4 Å². The zero-order chi connectivity index (χ0) is 21.5. The molecule has 0 radical (unpaired) electrons. The number of nitrogens with one attached hydrogen (secondary N) is 1. The van der Waals surface area contributed by atoms with E-state index >= 15 is 0 Å². The van der Waals surface area contributed by atoms with E-state index in [0.29, 0.717) is 28.9 Å². The first-order chi connectivity index (χ1) is 14.5. The van der Waals surface area contributed by atoms with E-state index in [1.54, 1.807) is 32.4 Å². The van der Waals surface area contributed by atoms with E-state index in [1.165, 1.54) is 16.7 Å². The highest BCUT2D eigenvalue weighted by Gasteiger charge is 2.37. The van der Waals surface area contributed by atoms with E-state index in [-0.39, 0.29) is 18.2 Å². The average Bonchev–Trinajstić information content (AvgIpc) is 3.01. The summed E-state index contributed by atoms with van der Waals surface area (Å²) in [6.45, 7) is 2.70. The number of aliphatic imine (C=N–C) groups is 1. The quantitative estimate of drug-likeness (QED) is 0.687. The summed E-state index contributed by atoms with van der Waals surface area (Å²) in [6.07, 6.45) is 1.00. The number of thioether (sulfide) groups is 1. The zero-order valence-electron chi connectivity index (χ0n) is 17.3. The summed E-state index contributed by atoms with van der Waals surface area (Å²) in [4.78, 5) is 31.0. The maximum atomic E-state index is 12.6. The van der Waals surface area contributed by atoms with Gasteiger partial charge in [-0.05, 0) is 42.8 Å². The van der Waals surface area contributed by atoms with E-state index in [9.17, 15) is 9.59 Å². The number of methoxy groups -OCH3 is 1. The Balaban J connectivity index is 1.60.